The van der Waals surface area contributed by atoms with Gasteiger partial charge in [0.05, 0.1) is 0 Å². The molecule has 10 rings (SSSR count). The van der Waals surface area contributed by atoms with Crippen LogP contribution in [0.2, 0.25) is 0 Å². The molecule has 0 unspecified atom stereocenters. The molecule has 0 radical (unpaired) electrons. The molecule has 0 saturated heterocycles. The molecule has 0 aliphatic carbocycles. The van der Waals surface area contributed by atoms with Crippen LogP contribution in [0.1, 0.15) is 11.1 Å². The molecule has 56 heavy (non-hydrogen) atoms. The topological polar surface area (TPSA) is 0 Å². The van der Waals surface area contributed by atoms with Crippen molar-refractivity contribution in [2.75, 3.05) is 0 Å². The van der Waals surface area contributed by atoms with Crippen molar-refractivity contribution in [2.24, 2.45) is 0 Å². The monoisotopic (exact) mass is 852 g/mol. The summed E-state index contributed by atoms with van der Waals surface area (Å²) in [6.07, 6.45) is 0. The maximum atomic E-state index is 2.28. The molecular weight excluding hydrogens is 815 g/mol. The molecule has 0 amide bonds. The van der Waals surface area contributed by atoms with Gasteiger partial charge in [-0.1, -0.05) is 122 Å². The van der Waals surface area contributed by atoms with Gasteiger partial charge in [-0.3, -0.25) is 0 Å². The van der Waals surface area contributed by atoms with E-state index in [1.807, 2.05) is 0 Å². The van der Waals surface area contributed by atoms with Gasteiger partial charge in [-0.05, 0) is 21.5 Å². The molecule has 0 aliphatic heterocycles. The van der Waals surface area contributed by atoms with Gasteiger partial charge < -0.3 is 24.8 Å². The minimum atomic E-state index is -0.455. The van der Waals surface area contributed by atoms with Gasteiger partial charge in [0.2, 0.25) is 0 Å². The van der Waals surface area contributed by atoms with Crippen molar-refractivity contribution in [3.05, 3.63) is 217 Å². The molecule has 0 aromatic heterocycles. The van der Waals surface area contributed by atoms with Crippen LogP contribution in [0, 0.1) is 13.8 Å². The Labute approximate surface area is 357 Å². The first-order chi connectivity index (χ1) is 26.6. The van der Waals surface area contributed by atoms with E-state index >= 15 is 0 Å². The molecule has 0 atom stereocenters. The molecule has 272 valence electrons. The fraction of sp³-hybridized carbons (Fsp3) is 0.0385. The summed E-state index contributed by atoms with van der Waals surface area (Å²) >= 11 is 1.64. The van der Waals surface area contributed by atoms with Crippen LogP contribution in [-0.4, -0.2) is 5.43 Å². The van der Waals surface area contributed by atoms with Crippen molar-refractivity contribution in [1.82, 2.24) is 0 Å². The zero-order valence-corrected chi connectivity index (χ0v) is 36.4. The van der Waals surface area contributed by atoms with Gasteiger partial charge in [0, 0.05) is 0 Å². The first-order valence-corrected chi connectivity index (χ1v) is 23.7. The van der Waals surface area contributed by atoms with E-state index in [1.54, 1.807) is 23.3 Å². The second kappa shape index (κ2) is 18.9. The molecular formula is C52H40Cl2SiZr-2. The molecule has 0 bridgehead atoms. The van der Waals surface area contributed by atoms with Crippen molar-refractivity contribution in [3.8, 4) is 22.3 Å². The van der Waals surface area contributed by atoms with E-state index in [-0.39, 0.29) is 24.8 Å². The SMILES string of the molecule is Cc1[cH-]c2ccccc2c1-c1cccc2ccccc12.Cc1[cH-]c2ccccc2c1-c1cccc2ccccc12.[Cl-].[Cl-].[Zr+2]=[Si](c1ccccc1)c1ccccc1. The Hall–Kier alpha value is -4.82. The summed E-state index contributed by atoms with van der Waals surface area (Å²) in [5.41, 5.74) is 7.66. The Kier molecular flexibility index (Phi) is 13.8. The number of benzene rings is 8. The first kappa shape index (κ1) is 40.8. The number of rotatable bonds is 4. The predicted molar refractivity (Wildman–Crippen MR) is 232 cm³/mol. The molecule has 0 spiro atoms. The third-order valence-electron chi connectivity index (χ3n) is 10.2. The van der Waals surface area contributed by atoms with E-state index in [4.69, 9.17) is 0 Å². The fourth-order valence-electron chi connectivity index (χ4n) is 7.71. The first-order valence-electron chi connectivity index (χ1n) is 18.5. The summed E-state index contributed by atoms with van der Waals surface area (Å²) in [7, 11) is 0. The van der Waals surface area contributed by atoms with Crippen LogP contribution in [0.5, 0.6) is 0 Å². The van der Waals surface area contributed by atoms with Crippen molar-refractivity contribution in [2.45, 2.75) is 13.8 Å². The molecule has 0 saturated carbocycles. The Morgan fingerprint density at radius 2 is 0.679 bits per heavy atom. The standard InChI is InChI=1S/2C20H15.C12H10Si.2ClH.Zr/c2*1-14-13-16-8-3-5-11-18(16)20(14)19-12-6-9-15-7-2-4-10-17(15)19;1-3-7-11(8-4-1)13-12-9-5-2-6-10-12;;;/h2*2-13H,1H3;1-10H;2*1H;/q2*-1;;;;+2/p-2. The van der Waals surface area contributed by atoms with Gasteiger partial charge in [0.15, 0.2) is 0 Å². The van der Waals surface area contributed by atoms with Crippen molar-refractivity contribution >= 4 is 58.9 Å². The summed E-state index contributed by atoms with van der Waals surface area (Å²) in [6, 6.07) is 73.9. The molecule has 4 heteroatoms. The maximum absolute atomic E-state index is 2.28. The average molecular weight is 855 g/mol. The molecule has 10 aromatic rings. The molecule has 0 N–H and O–H groups in total. The number of fused-ring (bicyclic) bond motifs is 4. The number of hydrogen-bond acceptors (Lipinski definition) is 0. The van der Waals surface area contributed by atoms with E-state index in [2.05, 4.69) is 220 Å². The van der Waals surface area contributed by atoms with Gasteiger partial charge in [0.25, 0.3) is 0 Å². The van der Waals surface area contributed by atoms with Crippen LogP contribution in [0.15, 0.2) is 206 Å². The number of hydrogen-bond donors (Lipinski definition) is 0. The summed E-state index contributed by atoms with van der Waals surface area (Å²) in [5.74, 6) is 0. The molecule has 10 aromatic carbocycles. The molecule has 0 aliphatic rings. The van der Waals surface area contributed by atoms with E-state index in [0.717, 1.165) is 0 Å². The van der Waals surface area contributed by atoms with Crippen LogP contribution in [0.25, 0.3) is 65.3 Å². The molecule has 0 heterocycles. The zero-order chi connectivity index (χ0) is 36.9. The average Bonchev–Trinajstić information content (AvgIpc) is 3.76. The second-order valence-corrected chi connectivity index (χ2v) is 19.3. The normalized spacial score (nSPS) is 10.5. The minimum absolute atomic E-state index is 0. The van der Waals surface area contributed by atoms with E-state index in [0.29, 0.717) is 0 Å². The van der Waals surface area contributed by atoms with Crippen LogP contribution in [0.4, 0.5) is 0 Å². The summed E-state index contributed by atoms with van der Waals surface area (Å²) in [5, 5.41) is 13.6. The molecule has 0 nitrogen and oxygen atoms in total. The third-order valence-corrected chi connectivity index (χ3v) is 16.3. The summed E-state index contributed by atoms with van der Waals surface area (Å²) in [6.45, 7) is 4.41. The Morgan fingerprint density at radius 3 is 1.09 bits per heavy atom. The quantitative estimate of drug-likeness (QED) is 0.136. The summed E-state index contributed by atoms with van der Waals surface area (Å²) < 4.78 is 0. The van der Waals surface area contributed by atoms with E-state index in [9.17, 15) is 0 Å². The fourth-order valence-corrected chi connectivity index (χ4v) is 11.6. The van der Waals surface area contributed by atoms with Crippen LogP contribution in [-0.2, 0) is 23.3 Å². The van der Waals surface area contributed by atoms with Gasteiger partial charge in [-0.25, -0.2) is 0 Å². The predicted octanol–water partition coefficient (Wildman–Crippen LogP) is 6.72. The van der Waals surface area contributed by atoms with Crippen molar-refractivity contribution < 1.29 is 48.1 Å². The van der Waals surface area contributed by atoms with Crippen LogP contribution in [0.3, 0.4) is 0 Å². The van der Waals surface area contributed by atoms with Gasteiger partial charge in [-0.2, -0.15) is 0 Å². The van der Waals surface area contributed by atoms with Crippen LogP contribution >= 0.6 is 0 Å². The Bertz CT molecular complexity index is 2660. The van der Waals surface area contributed by atoms with Gasteiger partial charge in [0.1, 0.15) is 0 Å². The number of halogens is 2. The van der Waals surface area contributed by atoms with Gasteiger partial charge in [-0.15, -0.1) is 92.3 Å². The Balaban J connectivity index is 0.000000142. The third kappa shape index (κ3) is 8.61. The number of aryl methyl sites for hydroxylation is 2. The Morgan fingerprint density at radius 1 is 0.357 bits per heavy atom. The zero-order valence-electron chi connectivity index (χ0n) is 31.4. The van der Waals surface area contributed by atoms with Crippen LogP contribution < -0.4 is 35.2 Å². The second-order valence-electron chi connectivity index (χ2n) is 13.7. The van der Waals surface area contributed by atoms with Crippen molar-refractivity contribution in [1.29, 1.82) is 0 Å². The van der Waals surface area contributed by atoms with Crippen molar-refractivity contribution in [3.63, 3.8) is 0 Å². The van der Waals surface area contributed by atoms with Gasteiger partial charge >= 0.3 is 99.8 Å². The summed E-state index contributed by atoms with van der Waals surface area (Å²) in [4.78, 5) is 0. The molecule has 0 fully saturated rings. The van der Waals surface area contributed by atoms with E-state index in [1.165, 1.54) is 86.8 Å². The van der Waals surface area contributed by atoms with E-state index < -0.39 is 5.43 Å².